The third-order valence-electron chi connectivity index (χ3n) is 5.92. The molecule has 6 nitrogen and oxygen atoms in total. The van der Waals surface area contributed by atoms with Crippen molar-refractivity contribution in [2.24, 2.45) is 0 Å². The van der Waals surface area contributed by atoms with Gasteiger partial charge in [-0.25, -0.2) is 4.79 Å². The topological polar surface area (TPSA) is 78.5 Å². The first kappa shape index (κ1) is 19.5. The summed E-state index contributed by atoms with van der Waals surface area (Å²) in [5, 5.41) is 7.71. The average molecular weight is 432 g/mol. The molecule has 31 heavy (non-hydrogen) atoms. The summed E-state index contributed by atoms with van der Waals surface area (Å²) < 4.78 is 0. The van der Waals surface area contributed by atoms with Crippen molar-refractivity contribution < 1.29 is 14.4 Å². The normalized spacial score (nSPS) is 19.9. The lowest BCUT2D eigenvalue weighted by molar-refractivity contribution is -0.134. The summed E-state index contributed by atoms with van der Waals surface area (Å²) in [4.78, 5) is 41.0. The first-order chi connectivity index (χ1) is 15.1. The van der Waals surface area contributed by atoms with Crippen LogP contribution in [0.4, 0.5) is 10.5 Å². The number of rotatable bonds is 4. The molecular formula is C24H21N3O3S. The number of anilines is 1. The van der Waals surface area contributed by atoms with Crippen molar-refractivity contribution in [1.29, 1.82) is 0 Å². The monoisotopic (exact) mass is 431 g/mol. The number of imide groups is 1. The minimum atomic E-state index is -1.03. The van der Waals surface area contributed by atoms with Crippen LogP contribution < -0.4 is 10.6 Å². The van der Waals surface area contributed by atoms with E-state index in [1.54, 1.807) is 11.3 Å². The maximum atomic E-state index is 13.3. The van der Waals surface area contributed by atoms with E-state index in [9.17, 15) is 14.4 Å². The molecule has 1 saturated heterocycles. The quantitative estimate of drug-likeness (QED) is 0.610. The van der Waals surface area contributed by atoms with Gasteiger partial charge in [0.05, 0.1) is 0 Å². The van der Waals surface area contributed by atoms with Crippen molar-refractivity contribution in [3.05, 3.63) is 76.5 Å². The number of benzene rings is 2. The highest BCUT2D eigenvalue weighted by Crippen LogP contribution is 2.42. The number of hydrogen-bond donors (Lipinski definition) is 2. The molecule has 1 unspecified atom stereocenters. The van der Waals surface area contributed by atoms with E-state index in [4.69, 9.17) is 0 Å². The smallest absolute Gasteiger partial charge is 0.324 e. The maximum absolute atomic E-state index is 13.3. The van der Waals surface area contributed by atoms with Gasteiger partial charge in [0.2, 0.25) is 5.91 Å². The highest BCUT2D eigenvalue weighted by molar-refractivity contribution is 7.10. The minimum Gasteiger partial charge on any atom is -0.324 e. The molecule has 2 aliphatic rings. The summed E-state index contributed by atoms with van der Waals surface area (Å²) in [6, 6.07) is 18.6. The van der Waals surface area contributed by atoms with Crippen LogP contribution in [-0.4, -0.2) is 29.3 Å². The zero-order valence-corrected chi connectivity index (χ0v) is 17.6. The van der Waals surface area contributed by atoms with E-state index in [0.717, 1.165) is 39.3 Å². The van der Waals surface area contributed by atoms with E-state index in [2.05, 4.69) is 10.6 Å². The summed E-state index contributed by atoms with van der Waals surface area (Å²) in [5.74, 6) is -0.756. The molecule has 0 radical (unpaired) electrons. The molecule has 0 bridgehead atoms. The van der Waals surface area contributed by atoms with Gasteiger partial charge < -0.3 is 10.6 Å². The molecule has 1 aromatic heterocycles. The lowest BCUT2D eigenvalue weighted by Gasteiger charge is -2.31. The van der Waals surface area contributed by atoms with Crippen LogP contribution in [0, 0.1) is 0 Å². The number of hydrogen-bond acceptors (Lipinski definition) is 4. The third kappa shape index (κ3) is 3.31. The van der Waals surface area contributed by atoms with Gasteiger partial charge in [0, 0.05) is 21.7 Å². The first-order valence-corrected chi connectivity index (χ1v) is 11.1. The van der Waals surface area contributed by atoms with E-state index in [1.807, 2.05) is 66.0 Å². The second kappa shape index (κ2) is 7.67. The molecule has 1 aliphatic heterocycles. The Labute approximate surface area is 183 Å². The summed E-state index contributed by atoms with van der Waals surface area (Å²) in [7, 11) is 0. The Bertz CT molecular complexity index is 1170. The van der Waals surface area contributed by atoms with E-state index in [1.165, 1.54) is 0 Å². The van der Waals surface area contributed by atoms with Gasteiger partial charge in [-0.15, -0.1) is 11.3 Å². The molecule has 7 heteroatoms. The van der Waals surface area contributed by atoms with Crippen LogP contribution in [-0.2, 0) is 21.5 Å². The molecule has 156 valence electrons. The van der Waals surface area contributed by atoms with Gasteiger partial charge in [0.15, 0.2) is 0 Å². The van der Waals surface area contributed by atoms with Gasteiger partial charge in [-0.2, -0.15) is 0 Å². The summed E-state index contributed by atoms with van der Waals surface area (Å²) in [6.45, 7) is -0.324. The highest BCUT2D eigenvalue weighted by Gasteiger charge is 2.54. The number of carbonyl (C=O) groups is 3. The van der Waals surface area contributed by atoms with E-state index in [0.29, 0.717) is 12.1 Å². The molecule has 5 rings (SSSR count). The van der Waals surface area contributed by atoms with Crippen LogP contribution in [0.5, 0.6) is 0 Å². The molecule has 0 saturated carbocycles. The summed E-state index contributed by atoms with van der Waals surface area (Å²) in [5.41, 5.74) is 2.32. The van der Waals surface area contributed by atoms with Crippen LogP contribution in [0.25, 0.3) is 11.1 Å². The number of carbonyl (C=O) groups excluding carboxylic acids is 3. The van der Waals surface area contributed by atoms with Crippen LogP contribution in [0.2, 0.25) is 0 Å². The molecule has 2 heterocycles. The molecule has 1 fully saturated rings. The Morgan fingerprint density at radius 2 is 1.84 bits per heavy atom. The number of nitrogens with one attached hydrogen (secondary N) is 2. The summed E-state index contributed by atoms with van der Waals surface area (Å²) in [6.07, 6.45) is 2.29. The van der Waals surface area contributed by atoms with Crippen molar-refractivity contribution in [3.8, 4) is 11.1 Å². The Kier molecular flexibility index (Phi) is 4.82. The number of fused-ring (bicyclic) bond motifs is 2. The predicted octanol–water partition coefficient (Wildman–Crippen LogP) is 4.14. The second-order valence-corrected chi connectivity index (χ2v) is 8.80. The molecule has 2 N–H and O–H groups in total. The highest BCUT2D eigenvalue weighted by atomic mass is 32.1. The Balaban J connectivity index is 1.36. The number of para-hydroxylation sites is 1. The van der Waals surface area contributed by atoms with E-state index < -0.39 is 17.5 Å². The lowest BCUT2D eigenvalue weighted by atomic mass is 9.80. The fraction of sp³-hybridized carbons (Fsp3) is 0.208. The van der Waals surface area contributed by atoms with Gasteiger partial charge in [0.25, 0.3) is 5.91 Å². The molecule has 1 spiro atoms. The first-order valence-electron chi connectivity index (χ1n) is 10.2. The summed E-state index contributed by atoms with van der Waals surface area (Å²) >= 11 is 1.60. The Morgan fingerprint density at radius 1 is 1.06 bits per heavy atom. The van der Waals surface area contributed by atoms with E-state index in [-0.39, 0.29) is 12.5 Å². The molecular weight excluding hydrogens is 410 g/mol. The van der Waals surface area contributed by atoms with Crippen molar-refractivity contribution in [2.45, 2.75) is 24.8 Å². The lowest BCUT2D eigenvalue weighted by Crippen LogP contribution is -2.46. The molecule has 1 aliphatic carbocycles. The van der Waals surface area contributed by atoms with Crippen molar-refractivity contribution >= 4 is 34.9 Å². The Morgan fingerprint density at radius 3 is 2.68 bits per heavy atom. The Hall–Kier alpha value is -3.45. The largest absolute Gasteiger partial charge is 0.325 e. The second-order valence-electron chi connectivity index (χ2n) is 7.80. The predicted molar refractivity (Wildman–Crippen MR) is 120 cm³/mol. The van der Waals surface area contributed by atoms with Crippen molar-refractivity contribution in [3.63, 3.8) is 0 Å². The zero-order valence-electron chi connectivity index (χ0n) is 16.8. The van der Waals surface area contributed by atoms with Crippen LogP contribution in [0.1, 0.15) is 23.3 Å². The van der Waals surface area contributed by atoms with Crippen LogP contribution in [0.3, 0.4) is 0 Å². The van der Waals surface area contributed by atoms with Crippen LogP contribution >= 0.6 is 11.3 Å². The van der Waals surface area contributed by atoms with Gasteiger partial charge in [-0.3, -0.25) is 14.5 Å². The fourth-order valence-corrected chi connectivity index (χ4v) is 5.48. The number of amides is 4. The molecule has 1 atom stereocenters. The van der Waals surface area contributed by atoms with Gasteiger partial charge in [-0.1, -0.05) is 48.5 Å². The number of urea groups is 1. The van der Waals surface area contributed by atoms with Gasteiger partial charge in [-0.05, 0) is 42.3 Å². The van der Waals surface area contributed by atoms with Crippen molar-refractivity contribution in [1.82, 2.24) is 10.2 Å². The molecule has 2 aromatic carbocycles. The van der Waals surface area contributed by atoms with Crippen molar-refractivity contribution in [2.75, 3.05) is 11.9 Å². The number of aryl methyl sites for hydroxylation is 1. The molecule has 3 aromatic rings. The minimum absolute atomic E-state index is 0.324. The third-order valence-corrected chi connectivity index (χ3v) is 6.90. The number of thiophene rings is 1. The maximum Gasteiger partial charge on any atom is 0.325 e. The standard InChI is InChI=1S/C24H21N3O3S/c28-21(25-19-10-5-4-9-17(19)16-7-2-1-3-8-16)15-27-22(29)24(26-23(27)30)13-6-11-20-18(24)12-14-31-20/h1-5,7-10,12,14H,6,11,13,15H2,(H,25,28)(H,26,30). The fourth-order valence-electron chi connectivity index (χ4n) is 4.48. The van der Waals surface area contributed by atoms with Gasteiger partial charge >= 0.3 is 6.03 Å². The zero-order chi connectivity index (χ0) is 21.4. The SMILES string of the molecule is O=C(CN1C(=O)NC2(CCCc3sccc32)C1=O)Nc1ccccc1-c1ccccc1. The molecule has 4 amide bonds. The number of nitrogens with zero attached hydrogens (tertiary/aromatic N) is 1. The van der Waals surface area contributed by atoms with E-state index >= 15 is 0 Å². The average Bonchev–Trinajstić information content (AvgIpc) is 3.35. The van der Waals surface area contributed by atoms with Gasteiger partial charge in [0.1, 0.15) is 12.1 Å². The van der Waals surface area contributed by atoms with Crippen LogP contribution in [0.15, 0.2) is 66.0 Å².